The fourth-order valence-electron chi connectivity index (χ4n) is 12.4. The van der Waals surface area contributed by atoms with Gasteiger partial charge < -0.3 is 33.5 Å². The molecule has 2 heterocycles. The number of likely N-dealkylation sites (tertiary alicyclic amines) is 1. The zero-order chi connectivity index (χ0) is 30.2. The van der Waals surface area contributed by atoms with Crippen LogP contribution in [0.1, 0.15) is 56.8 Å². The summed E-state index contributed by atoms with van der Waals surface area (Å²) in [5.74, 6) is -1.99. The molecule has 234 valence electrons. The topological polar surface area (TPSA) is 113 Å². The molecule has 0 aromatic heterocycles. The van der Waals surface area contributed by atoms with Crippen LogP contribution in [0.15, 0.2) is 30.3 Å². The first-order chi connectivity index (χ1) is 20.6. The molecule has 0 unspecified atom stereocenters. The van der Waals surface area contributed by atoms with Gasteiger partial charge in [-0.1, -0.05) is 32.0 Å². The van der Waals surface area contributed by atoms with Crippen LogP contribution in [0.5, 0.6) is 0 Å². The van der Waals surface area contributed by atoms with E-state index < -0.39 is 46.3 Å². The smallest absolute Gasteiger partial charge is 0.338 e. The summed E-state index contributed by atoms with van der Waals surface area (Å²) in [6.07, 6.45) is 0.313. The molecule has 2 aliphatic heterocycles. The van der Waals surface area contributed by atoms with Gasteiger partial charge in [0.15, 0.2) is 5.60 Å². The van der Waals surface area contributed by atoms with Crippen LogP contribution in [-0.4, -0.2) is 103 Å². The van der Waals surface area contributed by atoms with Crippen LogP contribution in [0.25, 0.3) is 0 Å². The van der Waals surface area contributed by atoms with E-state index in [0.717, 1.165) is 25.9 Å². The van der Waals surface area contributed by atoms with E-state index in [4.69, 9.17) is 28.4 Å². The number of aliphatic hydroxyl groups is 1. The predicted octanol–water partition coefficient (Wildman–Crippen LogP) is 2.56. The summed E-state index contributed by atoms with van der Waals surface area (Å²) in [5.41, 5.74) is -4.37. The number of rotatable bonds is 6. The number of carbonyl (C=O) groups excluding carboxylic acids is 2. The van der Waals surface area contributed by atoms with E-state index in [-0.39, 0.29) is 48.3 Å². The maximum Gasteiger partial charge on any atom is 0.338 e. The molecule has 5 saturated carbocycles. The standard InChI is InChI=1S/C33H43NO9/c1-6-34-16-29(3)13-12-22(39-5)32-25(29)26(42-18(2)35)33(28(32)34)31(40-17-41-33)15-21(38-4)20-14-30(32,37)24(31)23(20)43-27(36)19-10-8-7-9-11-19/h7-11,20-26,28,37H,6,12-17H2,1-5H3/t20-,21+,22+,23+,24+,25-,26+,28+,29+,30+,31-,32-,33+/m1/s1. The number of esters is 2. The molecule has 1 aromatic rings. The molecule has 10 nitrogen and oxygen atoms in total. The van der Waals surface area contributed by atoms with Crippen molar-refractivity contribution in [2.45, 2.75) is 93.7 Å². The van der Waals surface area contributed by atoms with Gasteiger partial charge in [0.05, 0.1) is 40.7 Å². The van der Waals surface area contributed by atoms with Gasteiger partial charge in [0.25, 0.3) is 0 Å². The summed E-state index contributed by atoms with van der Waals surface area (Å²) in [7, 11) is 3.39. The molecular weight excluding hydrogens is 554 g/mol. The first-order valence-corrected chi connectivity index (χ1v) is 15.8. The Morgan fingerprint density at radius 3 is 2.51 bits per heavy atom. The molecule has 8 rings (SSSR count). The summed E-state index contributed by atoms with van der Waals surface area (Å²) < 4.78 is 39.3. The van der Waals surface area contributed by atoms with Crippen molar-refractivity contribution in [3.63, 3.8) is 0 Å². The quantitative estimate of drug-likeness (QED) is 0.491. The fourth-order valence-corrected chi connectivity index (χ4v) is 12.4. The average molecular weight is 598 g/mol. The second-order valence-electron chi connectivity index (χ2n) is 14.4. The fraction of sp³-hybridized carbons (Fsp3) is 0.758. The van der Waals surface area contributed by atoms with Gasteiger partial charge in [0.2, 0.25) is 0 Å². The Hall–Kier alpha value is -2.08. The van der Waals surface area contributed by atoms with E-state index in [1.54, 1.807) is 26.4 Å². The van der Waals surface area contributed by atoms with Gasteiger partial charge in [0.1, 0.15) is 24.6 Å². The number of carbonyl (C=O) groups is 2. The number of hydrogen-bond donors (Lipinski definition) is 1. The largest absolute Gasteiger partial charge is 0.459 e. The van der Waals surface area contributed by atoms with E-state index in [1.165, 1.54) is 6.92 Å². The molecule has 7 fully saturated rings. The minimum absolute atomic E-state index is 0.0178. The monoisotopic (exact) mass is 597 g/mol. The Labute approximate surface area is 252 Å². The van der Waals surface area contributed by atoms with Crippen LogP contribution < -0.4 is 0 Å². The number of likely N-dealkylation sites (N-methyl/N-ethyl adjacent to an activating group) is 1. The van der Waals surface area contributed by atoms with Gasteiger partial charge in [-0.3, -0.25) is 9.69 Å². The number of piperidine rings is 1. The number of nitrogens with zero attached hydrogens (tertiary/aromatic N) is 1. The molecule has 1 aromatic carbocycles. The van der Waals surface area contributed by atoms with Gasteiger partial charge >= 0.3 is 11.9 Å². The summed E-state index contributed by atoms with van der Waals surface area (Å²) >= 11 is 0. The molecule has 0 amide bonds. The highest BCUT2D eigenvalue weighted by Crippen LogP contribution is 2.83. The average Bonchev–Trinajstić information content (AvgIpc) is 3.53. The number of hydrogen-bond acceptors (Lipinski definition) is 10. The Morgan fingerprint density at radius 1 is 1.07 bits per heavy atom. The molecule has 2 saturated heterocycles. The lowest BCUT2D eigenvalue weighted by atomic mass is 9.41. The van der Waals surface area contributed by atoms with Crippen molar-refractivity contribution < 1.29 is 43.1 Å². The van der Waals surface area contributed by atoms with Crippen LogP contribution in [-0.2, 0) is 33.2 Å². The van der Waals surface area contributed by atoms with Crippen molar-refractivity contribution in [2.24, 2.45) is 28.6 Å². The molecule has 1 N–H and O–H groups in total. The van der Waals surface area contributed by atoms with E-state index >= 15 is 0 Å². The number of benzene rings is 1. The lowest BCUT2D eigenvalue weighted by Gasteiger charge is -2.71. The second-order valence-corrected chi connectivity index (χ2v) is 14.4. The van der Waals surface area contributed by atoms with Crippen molar-refractivity contribution >= 4 is 11.9 Å². The van der Waals surface area contributed by atoms with Gasteiger partial charge in [0, 0.05) is 45.9 Å². The third kappa shape index (κ3) is 2.97. The minimum atomic E-state index is -1.38. The lowest BCUT2D eigenvalue weighted by molar-refractivity contribution is -0.330. The highest BCUT2D eigenvalue weighted by atomic mass is 16.7. The van der Waals surface area contributed by atoms with Crippen LogP contribution in [0.2, 0.25) is 0 Å². The molecule has 7 bridgehead atoms. The number of methoxy groups -OCH3 is 2. The highest BCUT2D eigenvalue weighted by Gasteiger charge is 2.98. The maximum atomic E-state index is 13.7. The molecule has 5 aliphatic carbocycles. The van der Waals surface area contributed by atoms with Crippen molar-refractivity contribution in [1.29, 1.82) is 0 Å². The van der Waals surface area contributed by atoms with Gasteiger partial charge in [-0.05, 0) is 43.4 Å². The van der Waals surface area contributed by atoms with Gasteiger partial charge in [-0.15, -0.1) is 0 Å². The Bertz CT molecular complexity index is 1340. The van der Waals surface area contributed by atoms with Crippen LogP contribution in [0.3, 0.4) is 0 Å². The molecule has 43 heavy (non-hydrogen) atoms. The summed E-state index contributed by atoms with van der Waals surface area (Å²) in [6, 6.07) is 8.60. The Balaban J connectivity index is 1.41. The van der Waals surface area contributed by atoms with E-state index in [2.05, 4.69) is 18.7 Å². The summed E-state index contributed by atoms with van der Waals surface area (Å²) in [4.78, 5) is 29.1. The predicted molar refractivity (Wildman–Crippen MR) is 151 cm³/mol. The third-order valence-corrected chi connectivity index (χ3v) is 13.2. The highest BCUT2D eigenvalue weighted by molar-refractivity contribution is 5.89. The minimum Gasteiger partial charge on any atom is -0.459 e. The van der Waals surface area contributed by atoms with Crippen molar-refractivity contribution in [3.05, 3.63) is 35.9 Å². The Kier molecular flexibility index (Phi) is 5.95. The SMILES string of the molecule is CCN1C[C@]2(C)CC[C@H](OC)[C@]34[C@@H]2[C@H](OC(C)=O)[C@]2(OCO[C@@]25C[C@H](OC)[C@H]2C[C@]3(O)[C@@H]5[C@H]2OC(=O)c2ccccc2)[C@@H]14. The van der Waals surface area contributed by atoms with Crippen molar-refractivity contribution in [2.75, 3.05) is 34.1 Å². The van der Waals surface area contributed by atoms with Crippen LogP contribution in [0.4, 0.5) is 0 Å². The maximum absolute atomic E-state index is 13.7. The Morgan fingerprint density at radius 2 is 1.84 bits per heavy atom. The number of fused-ring (bicyclic) bond motifs is 1. The van der Waals surface area contributed by atoms with E-state index in [1.807, 2.05) is 18.2 Å². The summed E-state index contributed by atoms with van der Waals surface area (Å²) in [6.45, 7) is 7.36. The van der Waals surface area contributed by atoms with Crippen molar-refractivity contribution in [3.8, 4) is 0 Å². The first-order valence-electron chi connectivity index (χ1n) is 15.8. The molecule has 13 atom stereocenters. The van der Waals surface area contributed by atoms with E-state index in [0.29, 0.717) is 18.4 Å². The lowest BCUT2D eigenvalue weighted by Crippen LogP contribution is -2.85. The zero-order valence-electron chi connectivity index (χ0n) is 25.6. The van der Waals surface area contributed by atoms with Gasteiger partial charge in [-0.25, -0.2) is 4.79 Å². The number of ether oxygens (including phenoxy) is 6. The van der Waals surface area contributed by atoms with E-state index in [9.17, 15) is 14.7 Å². The normalized spacial score (nSPS) is 52.0. The molecule has 10 heteroatoms. The first kappa shape index (κ1) is 28.4. The van der Waals surface area contributed by atoms with Crippen molar-refractivity contribution in [1.82, 2.24) is 4.90 Å². The molecule has 7 aliphatic rings. The summed E-state index contributed by atoms with van der Waals surface area (Å²) in [5, 5.41) is 13.7. The van der Waals surface area contributed by atoms with Crippen LogP contribution in [0, 0.1) is 28.6 Å². The molecule has 0 radical (unpaired) electrons. The second kappa shape index (κ2) is 9.01. The van der Waals surface area contributed by atoms with Gasteiger partial charge in [-0.2, -0.15) is 0 Å². The zero-order valence-corrected chi connectivity index (χ0v) is 25.6. The van der Waals surface area contributed by atoms with Crippen LogP contribution >= 0.6 is 0 Å². The third-order valence-electron chi connectivity index (χ3n) is 13.2. The molecular formula is C33H43NO9. The molecule has 3 spiro atoms.